The number of fused-ring (bicyclic) bond motifs is 1. The zero-order valence-corrected chi connectivity index (χ0v) is 14.0. The van der Waals surface area contributed by atoms with E-state index in [1.807, 2.05) is 13.1 Å². The van der Waals surface area contributed by atoms with Crippen LogP contribution in [0.1, 0.15) is 34.1 Å². The van der Waals surface area contributed by atoms with Gasteiger partial charge in [-0.2, -0.15) is 0 Å². The van der Waals surface area contributed by atoms with E-state index in [4.69, 9.17) is 4.74 Å². The number of rotatable bonds is 7. The minimum atomic E-state index is 0.186. The zero-order chi connectivity index (χ0) is 15.9. The van der Waals surface area contributed by atoms with Gasteiger partial charge in [0.25, 0.3) is 0 Å². The summed E-state index contributed by atoms with van der Waals surface area (Å²) in [6.07, 6.45) is 13.5. The van der Waals surface area contributed by atoms with Gasteiger partial charge in [-0.25, -0.2) is 5.43 Å². The lowest BCUT2D eigenvalue weighted by Gasteiger charge is -2.22. The molecule has 0 aromatic carbocycles. The molecule has 1 N–H and O–H groups in total. The fraction of sp³-hybridized carbons (Fsp3) is 0.500. The van der Waals surface area contributed by atoms with Crippen molar-refractivity contribution in [3.05, 3.63) is 48.0 Å². The molecular weight excluding hydrogens is 274 g/mol. The Morgan fingerprint density at radius 3 is 3.00 bits per heavy atom. The average Bonchev–Trinajstić information content (AvgIpc) is 2.89. The van der Waals surface area contributed by atoms with Crippen LogP contribution in [-0.2, 0) is 4.74 Å². The Kier molecular flexibility index (Phi) is 6.01. The Bertz CT molecular complexity index is 528. The molecule has 0 aromatic rings. The molecule has 0 aliphatic carbocycles. The molecule has 0 amide bonds. The molecular formula is C18H27N3O. The van der Waals surface area contributed by atoms with Crippen LogP contribution in [0.2, 0.25) is 0 Å². The number of nitrogens with zero attached hydrogens (tertiary/aromatic N) is 2. The van der Waals surface area contributed by atoms with Gasteiger partial charge in [0, 0.05) is 24.5 Å². The van der Waals surface area contributed by atoms with Gasteiger partial charge in [-0.05, 0) is 38.3 Å². The summed E-state index contributed by atoms with van der Waals surface area (Å²) in [4.78, 5) is 4.55. The number of hydrogen-bond donors (Lipinski definition) is 1. The van der Waals surface area contributed by atoms with Gasteiger partial charge >= 0.3 is 0 Å². The van der Waals surface area contributed by atoms with Crippen LogP contribution in [-0.4, -0.2) is 29.9 Å². The van der Waals surface area contributed by atoms with E-state index >= 15 is 0 Å². The molecule has 2 atom stereocenters. The van der Waals surface area contributed by atoms with E-state index in [9.17, 15) is 0 Å². The molecule has 4 nitrogen and oxygen atoms in total. The third-order valence-corrected chi connectivity index (χ3v) is 3.62. The van der Waals surface area contributed by atoms with Crippen molar-refractivity contribution in [2.45, 2.75) is 40.2 Å². The monoisotopic (exact) mass is 301 g/mol. The summed E-state index contributed by atoms with van der Waals surface area (Å²) in [7, 11) is 0. The van der Waals surface area contributed by atoms with Gasteiger partial charge < -0.3 is 9.75 Å². The van der Waals surface area contributed by atoms with Crippen LogP contribution in [0.25, 0.3) is 0 Å². The Labute approximate surface area is 133 Å². The first kappa shape index (κ1) is 16.6. The van der Waals surface area contributed by atoms with Crippen molar-refractivity contribution in [3.8, 4) is 0 Å². The van der Waals surface area contributed by atoms with E-state index in [0.29, 0.717) is 12.5 Å². The van der Waals surface area contributed by atoms with Crippen molar-refractivity contribution in [3.63, 3.8) is 0 Å². The van der Waals surface area contributed by atoms with Crippen molar-refractivity contribution < 1.29 is 4.74 Å². The number of nitrogens with one attached hydrogen (secondary N) is 1. The van der Waals surface area contributed by atoms with Crippen LogP contribution in [0.3, 0.4) is 0 Å². The van der Waals surface area contributed by atoms with Crippen LogP contribution in [0.5, 0.6) is 0 Å². The molecule has 0 spiro atoms. The first-order valence-electron chi connectivity index (χ1n) is 8.15. The maximum Gasteiger partial charge on any atom is 0.141 e. The molecule has 0 radical (unpaired) electrons. The summed E-state index contributed by atoms with van der Waals surface area (Å²) in [5.41, 5.74) is 5.64. The fourth-order valence-electron chi connectivity index (χ4n) is 2.74. The maximum atomic E-state index is 5.78. The predicted octanol–water partition coefficient (Wildman–Crippen LogP) is 3.57. The lowest BCUT2D eigenvalue weighted by atomic mass is 10.0. The topological polar surface area (TPSA) is 36.9 Å². The van der Waals surface area contributed by atoms with Gasteiger partial charge in [0.1, 0.15) is 11.5 Å². The molecule has 0 bridgehead atoms. The molecule has 0 saturated carbocycles. The van der Waals surface area contributed by atoms with Crippen LogP contribution in [0, 0.1) is 5.92 Å². The molecule has 2 rings (SSSR count). The largest absolute Gasteiger partial charge is 0.492 e. The van der Waals surface area contributed by atoms with E-state index in [2.05, 4.69) is 66.7 Å². The van der Waals surface area contributed by atoms with Crippen molar-refractivity contribution in [2.75, 3.05) is 13.2 Å². The maximum absolute atomic E-state index is 5.78. The van der Waals surface area contributed by atoms with E-state index in [0.717, 1.165) is 24.4 Å². The van der Waals surface area contributed by atoms with E-state index in [-0.39, 0.29) is 6.04 Å². The van der Waals surface area contributed by atoms with E-state index in [1.54, 1.807) is 0 Å². The molecule has 2 aliphatic heterocycles. The minimum Gasteiger partial charge on any atom is -0.492 e. The highest BCUT2D eigenvalue weighted by molar-refractivity contribution is 6.13. The van der Waals surface area contributed by atoms with Gasteiger partial charge in [0.2, 0.25) is 0 Å². The van der Waals surface area contributed by atoms with E-state index < -0.39 is 0 Å². The summed E-state index contributed by atoms with van der Waals surface area (Å²) < 4.78 is 5.78. The quantitative estimate of drug-likeness (QED) is 0.577. The average molecular weight is 301 g/mol. The normalized spacial score (nSPS) is 22.6. The summed E-state index contributed by atoms with van der Waals surface area (Å²) in [5.74, 6) is 1.38. The second-order valence-electron chi connectivity index (χ2n) is 5.58. The predicted molar refractivity (Wildman–Crippen MR) is 92.3 cm³/mol. The first-order valence-corrected chi connectivity index (χ1v) is 8.15. The minimum absolute atomic E-state index is 0.186. The number of allylic oxidation sites excluding steroid dienone is 3. The van der Waals surface area contributed by atoms with Crippen molar-refractivity contribution in [1.29, 1.82) is 0 Å². The smallest absolute Gasteiger partial charge is 0.141 e. The molecule has 22 heavy (non-hydrogen) atoms. The first-order chi connectivity index (χ1) is 10.7. The lowest BCUT2D eigenvalue weighted by Crippen LogP contribution is -2.38. The molecule has 2 unspecified atom stereocenters. The second-order valence-corrected chi connectivity index (χ2v) is 5.58. The second kappa shape index (κ2) is 7.99. The Balaban J connectivity index is 2.18. The van der Waals surface area contributed by atoms with Crippen LogP contribution in [0.4, 0.5) is 0 Å². The van der Waals surface area contributed by atoms with Crippen LogP contribution in [0.15, 0.2) is 53.0 Å². The van der Waals surface area contributed by atoms with Gasteiger partial charge in [-0.15, -0.1) is 0 Å². The number of ether oxygens (including phenoxy) is 1. The van der Waals surface area contributed by atoms with Crippen molar-refractivity contribution in [1.82, 2.24) is 10.4 Å². The van der Waals surface area contributed by atoms with Crippen LogP contribution < -0.4 is 5.43 Å². The zero-order valence-electron chi connectivity index (χ0n) is 14.0. The lowest BCUT2D eigenvalue weighted by molar-refractivity contribution is 0.248. The highest BCUT2D eigenvalue weighted by atomic mass is 16.5. The molecule has 0 fully saturated rings. The number of hydrogen-bond acceptors (Lipinski definition) is 4. The van der Waals surface area contributed by atoms with E-state index in [1.165, 1.54) is 5.57 Å². The molecule has 4 heteroatoms. The molecule has 2 heterocycles. The third kappa shape index (κ3) is 3.89. The SMILES string of the molecule is C/C=C\C(C)CN1C=C2C(/C(=C\CC)OCC)=NC=CC2N1. The molecule has 120 valence electrons. The van der Waals surface area contributed by atoms with Gasteiger partial charge in [0.15, 0.2) is 0 Å². The fourth-order valence-corrected chi connectivity index (χ4v) is 2.74. The third-order valence-electron chi connectivity index (χ3n) is 3.62. The number of hydrazine groups is 1. The standard InChI is InChI=1S/C18H27N3O/c1-5-8-14(4)12-21-13-15-16(20-21)10-11-19-18(15)17(9-6-2)22-7-3/h5,8-11,13-14,16,20H,6-7,12H2,1-4H3/b8-5-,17-9+. The molecule has 2 aliphatic rings. The van der Waals surface area contributed by atoms with Crippen LogP contribution >= 0.6 is 0 Å². The molecule has 0 aromatic heterocycles. The summed E-state index contributed by atoms with van der Waals surface area (Å²) in [6.45, 7) is 9.99. The number of aliphatic imine (C=N–C) groups is 1. The Hall–Kier alpha value is -1.81. The highest BCUT2D eigenvalue weighted by Gasteiger charge is 2.29. The Morgan fingerprint density at radius 2 is 2.32 bits per heavy atom. The van der Waals surface area contributed by atoms with Gasteiger partial charge in [-0.1, -0.05) is 26.0 Å². The summed E-state index contributed by atoms with van der Waals surface area (Å²) in [5, 5.41) is 2.16. The molecule has 0 saturated heterocycles. The van der Waals surface area contributed by atoms with Crippen molar-refractivity contribution >= 4 is 5.71 Å². The summed E-state index contributed by atoms with van der Waals surface area (Å²) in [6, 6.07) is 0.186. The van der Waals surface area contributed by atoms with Gasteiger partial charge in [-0.3, -0.25) is 4.99 Å². The van der Waals surface area contributed by atoms with Crippen molar-refractivity contribution in [2.24, 2.45) is 10.9 Å². The Morgan fingerprint density at radius 1 is 1.50 bits per heavy atom. The highest BCUT2D eigenvalue weighted by Crippen LogP contribution is 2.24. The van der Waals surface area contributed by atoms with Gasteiger partial charge in [0.05, 0.1) is 12.6 Å². The summed E-state index contributed by atoms with van der Waals surface area (Å²) >= 11 is 0.